The highest BCUT2D eigenvalue weighted by molar-refractivity contribution is 5.69. The summed E-state index contributed by atoms with van der Waals surface area (Å²) in [5.74, 6) is 5.10. The van der Waals surface area contributed by atoms with Gasteiger partial charge in [-0.1, -0.05) is 0 Å². The van der Waals surface area contributed by atoms with Crippen LogP contribution in [0.2, 0.25) is 0 Å². The van der Waals surface area contributed by atoms with Gasteiger partial charge < -0.3 is 29.9 Å². The molecule has 10 nitrogen and oxygen atoms in total. The summed E-state index contributed by atoms with van der Waals surface area (Å²) in [5, 5.41) is 6.61. The summed E-state index contributed by atoms with van der Waals surface area (Å²) in [6, 6.07) is 1.92. The van der Waals surface area contributed by atoms with Crippen molar-refractivity contribution >= 4 is 12.2 Å². The van der Waals surface area contributed by atoms with E-state index in [0.29, 0.717) is 11.8 Å². The van der Waals surface area contributed by atoms with Crippen LogP contribution in [-0.4, -0.2) is 134 Å². The Kier molecular flexibility index (Phi) is 9.46. The van der Waals surface area contributed by atoms with E-state index in [1.165, 1.54) is 65.0 Å². The molecule has 2 saturated carbocycles. The van der Waals surface area contributed by atoms with Crippen LogP contribution < -0.4 is 10.6 Å². The van der Waals surface area contributed by atoms with Crippen LogP contribution in [-0.2, 0) is 9.47 Å². The van der Waals surface area contributed by atoms with Gasteiger partial charge in [0.1, 0.15) is 11.2 Å². The zero-order valence-electron chi connectivity index (χ0n) is 28.4. The molecule has 10 heteroatoms. The number of nitrogens with one attached hydrogen (secondary N) is 2. The van der Waals surface area contributed by atoms with Crippen molar-refractivity contribution in [2.45, 2.75) is 90.5 Å². The van der Waals surface area contributed by atoms with Crippen molar-refractivity contribution in [3.05, 3.63) is 0 Å². The number of hydrogen-bond acceptors (Lipinski definition) is 8. The van der Waals surface area contributed by atoms with E-state index in [4.69, 9.17) is 9.47 Å². The van der Waals surface area contributed by atoms with Crippen LogP contribution >= 0.6 is 0 Å². The van der Waals surface area contributed by atoms with Crippen LogP contribution in [0.5, 0.6) is 0 Å². The van der Waals surface area contributed by atoms with Crippen LogP contribution in [0.25, 0.3) is 0 Å². The van der Waals surface area contributed by atoms with Gasteiger partial charge in [-0.2, -0.15) is 0 Å². The maximum Gasteiger partial charge on any atom is 0.410 e. The first-order valence-corrected chi connectivity index (χ1v) is 17.7. The molecular formula is C34H60N6O4. The van der Waals surface area contributed by atoms with Crippen molar-refractivity contribution in [2.24, 2.45) is 35.5 Å². The van der Waals surface area contributed by atoms with Gasteiger partial charge in [0.2, 0.25) is 0 Å². The van der Waals surface area contributed by atoms with Crippen LogP contribution in [0.15, 0.2) is 0 Å². The van der Waals surface area contributed by atoms with E-state index in [0.717, 1.165) is 75.0 Å². The predicted octanol–water partition coefficient (Wildman–Crippen LogP) is 3.32. The Morgan fingerprint density at radius 2 is 0.795 bits per heavy atom. The fourth-order valence-electron chi connectivity index (χ4n) is 7.03. The Bertz CT molecular complexity index is 988. The average molecular weight is 617 g/mol. The maximum absolute atomic E-state index is 11.8. The average Bonchev–Trinajstić information content (AvgIpc) is 3.62. The minimum Gasteiger partial charge on any atom is -0.444 e. The molecule has 0 spiro atoms. The normalized spacial score (nSPS) is 27.6. The number of rotatable bonds is 5. The van der Waals surface area contributed by atoms with Crippen molar-refractivity contribution < 1.29 is 19.1 Å². The molecule has 0 aromatic heterocycles. The summed E-state index contributed by atoms with van der Waals surface area (Å²) < 4.78 is 10.7. The van der Waals surface area contributed by atoms with Gasteiger partial charge in [-0.15, -0.1) is 0 Å². The molecule has 6 heterocycles. The first kappa shape index (κ1) is 32.3. The highest BCUT2D eigenvalue weighted by Crippen LogP contribution is 2.39. The third-order valence-corrected chi connectivity index (χ3v) is 10.8. The topological polar surface area (TPSA) is 89.6 Å². The minimum atomic E-state index is -0.375. The quantitative estimate of drug-likeness (QED) is 0.487. The Morgan fingerprint density at radius 3 is 1.07 bits per heavy atom. The SMILES string of the molecule is C1NCC1C1CN(C2CC2)C1.CC(C)(C)OC(=O)N1CC(C2CN(C3CC3)C2)C1.CC(C)(C)OC(=O)N1CC(C2CNC2)C1. The molecule has 8 rings (SSSR count). The van der Waals surface area contributed by atoms with E-state index in [9.17, 15) is 9.59 Å². The Morgan fingerprint density at radius 1 is 0.500 bits per heavy atom. The molecule has 8 aliphatic rings. The first-order chi connectivity index (χ1) is 20.8. The van der Waals surface area contributed by atoms with E-state index < -0.39 is 0 Å². The van der Waals surface area contributed by atoms with Crippen molar-refractivity contribution in [1.82, 2.24) is 30.2 Å². The molecule has 250 valence electrons. The smallest absolute Gasteiger partial charge is 0.410 e. The van der Waals surface area contributed by atoms with Crippen LogP contribution in [0.4, 0.5) is 9.59 Å². The van der Waals surface area contributed by atoms with Gasteiger partial charge in [0.05, 0.1) is 0 Å². The second-order valence-corrected chi connectivity index (χ2v) is 17.0. The van der Waals surface area contributed by atoms with Crippen molar-refractivity contribution in [3.63, 3.8) is 0 Å². The molecule has 2 N–H and O–H groups in total. The molecule has 44 heavy (non-hydrogen) atoms. The maximum atomic E-state index is 11.8. The van der Waals surface area contributed by atoms with Gasteiger partial charge in [0.15, 0.2) is 0 Å². The molecule has 6 aliphatic heterocycles. The monoisotopic (exact) mass is 616 g/mol. The zero-order valence-corrected chi connectivity index (χ0v) is 28.4. The lowest BCUT2D eigenvalue weighted by Gasteiger charge is -2.50. The molecule has 0 bridgehead atoms. The third kappa shape index (κ3) is 8.39. The summed E-state index contributed by atoms with van der Waals surface area (Å²) in [5.41, 5.74) is -0.748. The van der Waals surface area contributed by atoms with E-state index in [1.807, 2.05) is 46.4 Å². The van der Waals surface area contributed by atoms with Gasteiger partial charge in [0.25, 0.3) is 0 Å². The van der Waals surface area contributed by atoms with Crippen molar-refractivity contribution in [1.29, 1.82) is 0 Å². The molecule has 0 unspecified atom stereocenters. The summed E-state index contributed by atoms with van der Waals surface area (Å²) in [4.78, 5) is 32.3. The summed E-state index contributed by atoms with van der Waals surface area (Å²) in [6.07, 6.45) is 5.47. The highest BCUT2D eigenvalue weighted by Gasteiger charge is 2.46. The number of amides is 2. The zero-order chi connectivity index (χ0) is 31.2. The minimum absolute atomic E-state index is 0.142. The van der Waals surface area contributed by atoms with Gasteiger partial charge in [0, 0.05) is 64.4 Å². The van der Waals surface area contributed by atoms with Gasteiger partial charge in [-0.05, 0) is 129 Å². The fraction of sp³-hybridized carbons (Fsp3) is 0.941. The van der Waals surface area contributed by atoms with E-state index in [-0.39, 0.29) is 23.4 Å². The second-order valence-electron chi connectivity index (χ2n) is 17.0. The van der Waals surface area contributed by atoms with E-state index in [2.05, 4.69) is 20.4 Å². The number of carbonyl (C=O) groups excluding carboxylic acids is 2. The molecule has 0 aromatic rings. The summed E-state index contributed by atoms with van der Waals surface area (Å²) >= 11 is 0. The number of nitrogens with zero attached hydrogens (tertiary/aromatic N) is 4. The lowest BCUT2D eigenvalue weighted by molar-refractivity contribution is -0.0411. The van der Waals surface area contributed by atoms with E-state index >= 15 is 0 Å². The Labute approximate surface area is 265 Å². The Hall–Kier alpha value is -1.62. The third-order valence-electron chi connectivity index (χ3n) is 10.8. The second kappa shape index (κ2) is 12.9. The summed E-state index contributed by atoms with van der Waals surface area (Å²) in [6.45, 7) is 25.2. The molecular weight excluding hydrogens is 556 g/mol. The number of hydrogen-bond donors (Lipinski definition) is 2. The van der Waals surface area contributed by atoms with Gasteiger partial charge in [-0.3, -0.25) is 9.80 Å². The van der Waals surface area contributed by atoms with E-state index in [1.54, 1.807) is 4.90 Å². The molecule has 0 radical (unpaired) electrons. The standard InChI is InChI=1S/C14H24N2O2.C11H20N2O2.C9H16N2/c1-14(2,3)18-13(17)16-8-11(9-16)10-6-15(7-10)12-4-5-12;1-11(2,3)15-10(14)13-6-9(7-13)8-4-12-5-8;1-2-9(1)11-5-8(6-11)7-3-10-4-7/h10-12H,4-9H2,1-3H3;8-9,12H,4-7H2,1-3H3;7-10H,1-6H2. The van der Waals surface area contributed by atoms with Crippen molar-refractivity contribution in [3.8, 4) is 0 Å². The van der Waals surface area contributed by atoms with Crippen LogP contribution in [0.1, 0.15) is 67.2 Å². The molecule has 0 atom stereocenters. The van der Waals surface area contributed by atoms with Crippen LogP contribution in [0.3, 0.4) is 0 Å². The molecule has 8 fully saturated rings. The molecule has 6 saturated heterocycles. The fourth-order valence-corrected chi connectivity index (χ4v) is 7.03. The first-order valence-electron chi connectivity index (χ1n) is 17.7. The van der Waals surface area contributed by atoms with Gasteiger partial charge >= 0.3 is 12.2 Å². The Balaban J connectivity index is 0.000000120. The number of likely N-dealkylation sites (tertiary alicyclic amines) is 4. The lowest BCUT2D eigenvalue weighted by Crippen LogP contribution is -2.61. The largest absolute Gasteiger partial charge is 0.444 e. The van der Waals surface area contributed by atoms with Crippen LogP contribution in [0, 0.1) is 35.5 Å². The van der Waals surface area contributed by atoms with Gasteiger partial charge in [-0.25, -0.2) is 9.59 Å². The summed E-state index contributed by atoms with van der Waals surface area (Å²) in [7, 11) is 0. The number of carbonyl (C=O) groups is 2. The molecule has 2 aliphatic carbocycles. The predicted molar refractivity (Wildman–Crippen MR) is 171 cm³/mol. The molecule has 2 amide bonds. The highest BCUT2D eigenvalue weighted by atomic mass is 16.6. The number of ether oxygens (including phenoxy) is 2. The lowest BCUT2D eigenvalue weighted by atomic mass is 9.80. The van der Waals surface area contributed by atoms with Crippen molar-refractivity contribution in [2.75, 3.05) is 78.5 Å². The molecule has 0 aromatic carbocycles.